The Hall–Kier alpha value is -2.33. The molecule has 4 rings (SSSR count). The molecule has 2 heterocycles. The van der Waals surface area contributed by atoms with Gasteiger partial charge in [-0.15, -0.1) is 0 Å². The zero-order chi connectivity index (χ0) is 16.7. The Labute approximate surface area is 149 Å². The highest BCUT2D eigenvalue weighted by Gasteiger charge is 2.24. The third-order valence-corrected chi connectivity index (χ3v) is 5.41. The van der Waals surface area contributed by atoms with Crippen LogP contribution in [0.1, 0.15) is 27.2 Å². The maximum atomic E-state index is 13.2. The molecule has 0 saturated heterocycles. The molecular weight excluding hydrogens is 364 g/mol. The standard InChI is InChI=1S/C20H17BrN2O/c1-14-11-15(8-9-18(14)21)20(24)23-13-17-6-4-10-22(17)12-16-5-2-3-7-19(16)23/h2-11H,12-13H2,1H3. The average molecular weight is 381 g/mol. The van der Waals surface area contributed by atoms with Gasteiger partial charge in [0.05, 0.1) is 6.54 Å². The lowest BCUT2D eigenvalue weighted by atomic mass is 10.1. The SMILES string of the molecule is Cc1cc(C(=O)N2Cc3cccn3Cc3ccccc32)ccc1Br. The minimum atomic E-state index is 0.0349. The van der Waals surface area contributed by atoms with Gasteiger partial charge in [0, 0.05) is 34.2 Å². The number of carbonyl (C=O) groups is 1. The van der Waals surface area contributed by atoms with Gasteiger partial charge in [0.2, 0.25) is 0 Å². The molecule has 0 unspecified atom stereocenters. The quantitative estimate of drug-likeness (QED) is 0.596. The molecule has 0 radical (unpaired) electrons. The maximum Gasteiger partial charge on any atom is 0.258 e. The molecule has 24 heavy (non-hydrogen) atoms. The Morgan fingerprint density at radius 1 is 1.04 bits per heavy atom. The molecule has 120 valence electrons. The van der Waals surface area contributed by atoms with Gasteiger partial charge in [0.1, 0.15) is 0 Å². The van der Waals surface area contributed by atoms with Crippen LogP contribution in [0.4, 0.5) is 5.69 Å². The summed E-state index contributed by atoms with van der Waals surface area (Å²) in [6.07, 6.45) is 2.07. The van der Waals surface area contributed by atoms with Crippen LogP contribution >= 0.6 is 15.9 Å². The third-order valence-electron chi connectivity index (χ3n) is 4.52. The van der Waals surface area contributed by atoms with Crippen molar-refractivity contribution in [2.45, 2.75) is 20.0 Å². The number of amides is 1. The summed E-state index contributed by atoms with van der Waals surface area (Å²) in [4.78, 5) is 15.1. The molecule has 1 aliphatic rings. The lowest BCUT2D eigenvalue weighted by Gasteiger charge is -2.23. The Morgan fingerprint density at radius 3 is 2.71 bits per heavy atom. The van der Waals surface area contributed by atoms with Crippen molar-refractivity contribution in [1.29, 1.82) is 0 Å². The molecule has 0 aliphatic carbocycles. The first kappa shape index (κ1) is 15.2. The van der Waals surface area contributed by atoms with E-state index in [1.807, 2.05) is 54.3 Å². The number of fused-ring (bicyclic) bond motifs is 2. The van der Waals surface area contributed by atoms with Crippen LogP contribution < -0.4 is 4.90 Å². The predicted molar refractivity (Wildman–Crippen MR) is 99.4 cm³/mol. The van der Waals surface area contributed by atoms with Crippen LogP contribution in [-0.4, -0.2) is 10.5 Å². The summed E-state index contributed by atoms with van der Waals surface area (Å²) in [5.74, 6) is 0.0349. The molecule has 2 aromatic carbocycles. The van der Waals surface area contributed by atoms with Crippen molar-refractivity contribution < 1.29 is 4.79 Å². The Bertz CT molecular complexity index is 929. The van der Waals surface area contributed by atoms with Gasteiger partial charge in [0.25, 0.3) is 5.91 Å². The number of halogens is 1. The number of hydrogen-bond donors (Lipinski definition) is 0. The molecule has 3 aromatic rings. The summed E-state index contributed by atoms with van der Waals surface area (Å²) in [5.41, 5.74) is 5.08. The highest BCUT2D eigenvalue weighted by molar-refractivity contribution is 9.10. The second-order valence-corrected chi connectivity index (χ2v) is 6.97. The van der Waals surface area contributed by atoms with Crippen molar-refractivity contribution in [3.8, 4) is 0 Å². The first-order valence-corrected chi connectivity index (χ1v) is 8.73. The van der Waals surface area contributed by atoms with Gasteiger partial charge in [-0.05, 0) is 54.4 Å². The zero-order valence-electron chi connectivity index (χ0n) is 13.4. The van der Waals surface area contributed by atoms with Gasteiger partial charge < -0.3 is 9.47 Å². The lowest BCUT2D eigenvalue weighted by molar-refractivity contribution is 0.0985. The fourth-order valence-electron chi connectivity index (χ4n) is 3.20. The Balaban J connectivity index is 1.81. The minimum absolute atomic E-state index is 0.0349. The van der Waals surface area contributed by atoms with Gasteiger partial charge in [-0.3, -0.25) is 4.79 Å². The number of aryl methyl sites for hydroxylation is 1. The van der Waals surface area contributed by atoms with Crippen LogP contribution in [0.2, 0.25) is 0 Å². The normalized spacial score (nSPS) is 13.2. The number of rotatable bonds is 1. The molecule has 0 N–H and O–H groups in total. The van der Waals surface area contributed by atoms with E-state index in [0.717, 1.165) is 33.5 Å². The van der Waals surface area contributed by atoms with E-state index >= 15 is 0 Å². The topological polar surface area (TPSA) is 25.2 Å². The summed E-state index contributed by atoms with van der Waals surface area (Å²) in [7, 11) is 0. The van der Waals surface area contributed by atoms with E-state index < -0.39 is 0 Å². The van der Waals surface area contributed by atoms with Crippen molar-refractivity contribution in [3.63, 3.8) is 0 Å². The molecular formula is C20H17BrN2O. The van der Waals surface area contributed by atoms with Crippen LogP contribution in [0.25, 0.3) is 0 Å². The second kappa shape index (κ2) is 5.95. The Morgan fingerprint density at radius 2 is 1.88 bits per heavy atom. The van der Waals surface area contributed by atoms with Crippen LogP contribution in [0.15, 0.2) is 65.3 Å². The van der Waals surface area contributed by atoms with E-state index in [-0.39, 0.29) is 5.91 Å². The first-order valence-electron chi connectivity index (χ1n) is 7.93. The molecule has 1 aliphatic heterocycles. The third kappa shape index (κ3) is 2.57. The van der Waals surface area contributed by atoms with E-state index in [1.165, 1.54) is 0 Å². The molecule has 0 fully saturated rings. The van der Waals surface area contributed by atoms with Crippen molar-refractivity contribution in [3.05, 3.63) is 87.7 Å². The van der Waals surface area contributed by atoms with E-state index in [4.69, 9.17) is 0 Å². The number of aromatic nitrogens is 1. The monoisotopic (exact) mass is 380 g/mol. The van der Waals surface area contributed by atoms with Gasteiger partial charge in [-0.2, -0.15) is 0 Å². The Kier molecular flexibility index (Phi) is 3.77. The lowest BCUT2D eigenvalue weighted by Crippen LogP contribution is -2.30. The first-order chi connectivity index (χ1) is 11.6. The molecule has 0 saturated carbocycles. The van der Waals surface area contributed by atoms with Crippen molar-refractivity contribution >= 4 is 27.5 Å². The molecule has 1 aromatic heterocycles. The molecule has 3 nitrogen and oxygen atoms in total. The van der Waals surface area contributed by atoms with Crippen molar-refractivity contribution in [2.24, 2.45) is 0 Å². The number of anilines is 1. The van der Waals surface area contributed by atoms with E-state index in [0.29, 0.717) is 12.1 Å². The predicted octanol–water partition coefficient (Wildman–Crippen LogP) is 4.77. The van der Waals surface area contributed by atoms with E-state index in [2.05, 4.69) is 38.8 Å². The highest BCUT2D eigenvalue weighted by Crippen LogP contribution is 2.29. The molecule has 4 heteroatoms. The van der Waals surface area contributed by atoms with Gasteiger partial charge in [0.15, 0.2) is 0 Å². The minimum Gasteiger partial charge on any atom is -0.345 e. The number of para-hydroxylation sites is 1. The molecule has 0 spiro atoms. The van der Waals surface area contributed by atoms with Gasteiger partial charge >= 0.3 is 0 Å². The summed E-state index contributed by atoms with van der Waals surface area (Å²) in [5, 5.41) is 0. The van der Waals surface area contributed by atoms with E-state index in [9.17, 15) is 4.79 Å². The van der Waals surface area contributed by atoms with Crippen molar-refractivity contribution in [2.75, 3.05) is 4.90 Å². The molecule has 0 bridgehead atoms. The van der Waals surface area contributed by atoms with Crippen molar-refractivity contribution in [1.82, 2.24) is 4.57 Å². The van der Waals surface area contributed by atoms with Crippen LogP contribution in [-0.2, 0) is 13.1 Å². The summed E-state index contributed by atoms with van der Waals surface area (Å²) >= 11 is 3.50. The van der Waals surface area contributed by atoms with E-state index in [1.54, 1.807) is 0 Å². The van der Waals surface area contributed by atoms with Crippen LogP contribution in [0.5, 0.6) is 0 Å². The van der Waals surface area contributed by atoms with Crippen LogP contribution in [0, 0.1) is 6.92 Å². The van der Waals surface area contributed by atoms with Gasteiger partial charge in [-0.1, -0.05) is 34.1 Å². The molecule has 0 atom stereocenters. The highest BCUT2D eigenvalue weighted by atomic mass is 79.9. The average Bonchev–Trinajstić information content (AvgIpc) is 2.96. The van der Waals surface area contributed by atoms with Gasteiger partial charge in [-0.25, -0.2) is 0 Å². The number of carbonyl (C=O) groups excluding carboxylic acids is 1. The van der Waals surface area contributed by atoms with Crippen LogP contribution in [0.3, 0.4) is 0 Å². The summed E-state index contributed by atoms with van der Waals surface area (Å²) < 4.78 is 3.23. The summed E-state index contributed by atoms with van der Waals surface area (Å²) in [6, 6.07) is 18.0. The zero-order valence-corrected chi connectivity index (χ0v) is 15.0. The number of nitrogens with zero attached hydrogens (tertiary/aromatic N) is 2. The number of benzene rings is 2. The smallest absolute Gasteiger partial charge is 0.258 e. The fraction of sp³-hybridized carbons (Fsp3) is 0.150. The maximum absolute atomic E-state index is 13.2. The largest absolute Gasteiger partial charge is 0.345 e. The fourth-order valence-corrected chi connectivity index (χ4v) is 3.45. The molecule has 1 amide bonds. The summed E-state index contributed by atoms with van der Waals surface area (Å²) in [6.45, 7) is 3.38. The second-order valence-electron chi connectivity index (χ2n) is 6.11. The number of hydrogen-bond acceptors (Lipinski definition) is 1.